The lowest BCUT2D eigenvalue weighted by Crippen LogP contribution is -1.97. The Kier molecular flexibility index (Phi) is 6.34. The second kappa shape index (κ2) is 8.55. The van der Waals surface area contributed by atoms with Crippen molar-refractivity contribution >= 4 is 30.2 Å². The van der Waals surface area contributed by atoms with E-state index in [-0.39, 0.29) is 0 Å². The summed E-state index contributed by atoms with van der Waals surface area (Å²) in [7, 11) is 0. The molecule has 0 radical (unpaired) electrons. The molecule has 0 aliphatic carbocycles. The topological polar surface area (TPSA) is 35.5 Å². The minimum absolute atomic E-state index is 0.610. The van der Waals surface area contributed by atoms with Crippen LogP contribution in [-0.2, 0) is 19.9 Å². The van der Waals surface area contributed by atoms with Gasteiger partial charge in [0.2, 0.25) is 0 Å². The lowest BCUT2D eigenvalue weighted by Gasteiger charge is -2.03. The lowest BCUT2D eigenvalue weighted by atomic mass is 10.2. The fourth-order valence-corrected chi connectivity index (χ4v) is 2.53. The molecule has 2 aromatic carbocycles. The van der Waals surface area contributed by atoms with Crippen LogP contribution >= 0.6 is 24.1 Å². The van der Waals surface area contributed by atoms with Crippen LogP contribution in [0.1, 0.15) is 11.1 Å². The van der Waals surface area contributed by atoms with Gasteiger partial charge in [-0.1, -0.05) is 60.7 Å². The van der Waals surface area contributed by atoms with E-state index in [4.69, 9.17) is 8.37 Å². The van der Waals surface area contributed by atoms with Crippen molar-refractivity contribution in [1.29, 1.82) is 0 Å². The number of rotatable bonds is 6. The molecule has 0 aliphatic rings. The number of hydrogen-bond donors (Lipinski definition) is 0. The molecule has 104 valence electrons. The van der Waals surface area contributed by atoms with Crippen molar-refractivity contribution in [2.75, 3.05) is 0 Å². The van der Waals surface area contributed by atoms with Crippen molar-refractivity contribution in [3.8, 4) is 0 Å². The third kappa shape index (κ3) is 5.59. The van der Waals surface area contributed by atoms with Crippen LogP contribution in [0.3, 0.4) is 0 Å². The highest BCUT2D eigenvalue weighted by Gasteiger charge is 2.06. The van der Waals surface area contributed by atoms with E-state index in [2.05, 4.69) is 0 Å². The first-order chi connectivity index (χ1) is 9.84. The molecular weight excluding hydrogens is 292 g/mol. The molecule has 0 aliphatic heterocycles. The van der Waals surface area contributed by atoms with Gasteiger partial charge in [-0.05, 0) is 11.1 Å². The first kappa shape index (κ1) is 14.8. The van der Waals surface area contributed by atoms with E-state index >= 15 is 0 Å². The van der Waals surface area contributed by atoms with Gasteiger partial charge in [0.15, 0.2) is 0 Å². The van der Waals surface area contributed by atoms with Gasteiger partial charge < -0.3 is 8.37 Å². The fraction of sp³-hybridized carbons (Fsp3) is 0.133. The van der Waals surface area contributed by atoms with Crippen molar-refractivity contribution in [3.63, 3.8) is 0 Å². The first-order valence-corrected chi connectivity index (χ1v) is 7.87. The highest BCUT2D eigenvalue weighted by molar-refractivity contribution is 7.95. The summed E-state index contributed by atoms with van der Waals surface area (Å²) in [5.41, 5.74) is 2.20. The number of carbonyl (C=O) groups excluding carboxylic acids is 1. The van der Waals surface area contributed by atoms with Crippen LogP contribution in [-0.4, -0.2) is 6.16 Å². The van der Waals surface area contributed by atoms with E-state index in [0.717, 1.165) is 35.2 Å². The smallest absolute Gasteiger partial charge is 0.359 e. The third-order valence-electron chi connectivity index (χ3n) is 2.39. The van der Waals surface area contributed by atoms with Crippen molar-refractivity contribution in [1.82, 2.24) is 0 Å². The molecule has 0 spiro atoms. The van der Waals surface area contributed by atoms with Crippen LogP contribution in [0.4, 0.5) is 4.79 Å². The molecule has 20 heavy (non-hydrogen) atoms. The van der Waals surface area contributed by atoms with Gasteiger partial charge in [-0.25, -0.2) is 4.79 Å². The Morgan fingerprint density at radius 1 is 0.750 bits per heavy atom. The molecule has 0 fully saturated rings. The van der Waals surface area contributed by atoms with Crippen molar-refractivity contribution < 1.29 is 13.2 Å². The predicted molar refractivity (Wildman–Crippen MR) is 83.0 cm³/mol. The normalized spacial score (nSPS) is 10.0. The molecule has 5 heteroatoms. The molecule has 0 N–H and O–H groups in total. The summed E-state index contributed by atoms with van der Waals surface area (Å²) in [5.74, 6) is 1.22. The zero-order valence-corrected chi connectivity index (χ0v) is 12.4. The van der Waals surface area contributed by atoms with Crippen molar-refractivity contribution in [3.05, 3.63) is 71.8 Å². The van der Waals surface area contributed by atoms with Crippen LogP contribution < -0.4 is 0 Å². The number of benzene rings is 2. The Hall–Kier alpha value is -1.59. The van der Waals surface area contributed by atoms with Gasteiger partial charge in [0.25, 0.3) is 0 Å². The molecule has 3 nitrogen and oxygen atoms in total. The van der Waals surface area contributed by atoms with Crippen LogP contribution in [0.5, 0.6) is 0 Å². The molecule has 0 heterocycles. The highest BCUT2D eigenvalue weighted by atomic mass is 32.2. The lowest BCUT2D eigenvalue weighted by molar-refractivity contribution is 0.168. The van der Waals surface area contributed by atoms with E-state index in [9.17, 15) is 4.79 Å². The molecule has 0 aromatic heterocycles. The van der Waals surface area contributed by atoms with E-state index in [1.54, 1.807) is 0 Å². The van der Waals surface area contributed by atoms with Gasteiger partial charge in [0.1, 0.15) is 0 Å². The summed E-state index contributed by atoms with van der Waals surface area (Å²) in [5, 5.41) is 0. The quantitative estimate of drug-likeness (QED) is 0.714. The zero-order valence-electron chi connectivity index (χ0n) is 10.7. The fourth-order valence-electron chi connectivity index (χ4n) is 1.45. The Balaban J connectivity index is 1.59. The molecule has 0 saturated heterocycles. The van der Waals surface area contributed by atoms with E-state index in [1.807, 2.05) is 60.7 Å². The second-order valence-corrected chi connectivity index (χ2v) is 5.29. The van der Waals surface area contributed by atoms with E-state index in [0.29, 0.717) is 11.5 Å². The summed E-state index contributed by atoms with van der Waals surface area (Å²) < 4.78 is 9.84. The van der Waals surface area contributed by atoms with Crippen LogP contribution in [0.15, 0.2) is 60.7 Å². The van der Waals surface area contributed by atoms with Gasteiger partial charge in [0, 0.05) is 0 Å². The first-order valence-electron chi connectivity index (χ1n) is 6.05. The monoisotopic (exact) mass is 306 g/mol. The Labute approximate surface area is 127 Å². The molecule has 0 bridgehead atoms. The minimum Gasteiger partial charge on any atom is -0.359 e. The van der Waals surface area contributed by atoms with Crippen molar-refractivity contribution in [2.45, 2.75) is 11.5 Å². The van der Waals surface area contributed by atoms with Gasteiger partial charge in [-0.2, -0.15) is 0 Å². The molecule has 2 aromatic rings. The summed E-state index contributed by atoms with van der Waals surface area (Å²) in [6, 6.07) is 19.6. The Bertz CT molecular complexity index is 470. The van der Waals surface area contributed by atoms with E-state index < -0.39 is 6.16 Å². The number of hydrogen-bond acceptors (Lipinski definition) is 5. The van der Waals surface area contributed by atoms with Gasteiger partial charge in [-0.3, -0.25) is 0 Å². The molecule has 0 amide bonds. The zero-order chi connectivity index (χ0) is 14.0. The summed E-state index contributed by atoms with van der Waals surface area (Å²) in [6.45, 7) is 0. The highest BCUT2D eigenvalue weighted by Crippen LogP contribution is 2.18. The standard InChI is InChI=1S/C15H14O3S2/c16-15(17-19-11-13-7-3-1-4-8-13)18-20-12-14-9-5-2-6-10-14/h1-10H,11-12H2. The Morgan fingerprint density at radius 2 is 1.15 bits per heavy atom. The van der Waals surface area contributed by atoms with Crippen LogP contribution in [0, 0.1) is 0 Å². The Morgan fingerprint density at radius 3 is 1.55 bits per heavy atom. The molecule has 0 saturated carbocycles. The van der Waals surface area contributed by atoms with Gasteiger partial charge >= 0.3 is 6.16 Å². The predicted octanol–water partition coefficient (Wildman–Crippen LogP) is 4.84. The SMILES string of the molecule is O=C(OSCc1ccccc1)OSCc1ccccc1. The summed E-state index contributed by atoms with van der Waals surface area (Å²) in [4.78, 5) is 11.3. The van der Waals surface area contributed by atoms with Gasteiger partial charge in [-0.15, -0.1) is 0 Å². The average Bonchev–Trinajstić information content (AvgIpc) is 2.49. The molecular formula is C15H14O3S2. The third-order valence-corrected chi connectivity index (χ3v) is 3.80. The van der Waals surface area contributed by atoms with Crippen LogP contribution in [0.25, 0.3) is 0 Å². The molecule has 0 atom stereocenters. The maximum absolute atomic E-state index is 11.3. The van der Waals surface area contributed by atoms with Crippen LogP contribution in [0.2, 0.25) is 0 Å². The summed E-state index contributed by atoms with van der Waals surface area (Å²) in [6.07, 6.45) is -0.674. The molecule has 2 rings (SSSR count). The molecule has 0 unspecified atom stereocenters. The van der Waals surface area contributed by atoms with Crippen molar-refractivity contribution in [2.24, 2.45) is 0 Å². The average molecular weight is 306 g/mol. The maximum atomic E-state index is 11.3. The van der Waals surface area contributed by atoms with E-state index in [1.165, 1.54) is 0 Å². The minimum atomic E-state index is -0.674. The second-order valence-electron chi connectivity index (χ2n) is 3.91. The van der Waals surface area contributed by atoms with Gasteiger partial charge in [0.05, 0.1) is 35.6 Å². The number of carbonyl (C=O) groups is 1. The maximum Gasteiger partial charge on any atom is 0.533 e. The largest absolute Gasteiger partial charge is 0.533 e. The summed E-state index contributed by atoms with van der Waals surface area (Å²) >= 11 is 2.15.